The van der Waals surface area contributed by atoms with E-state index in [0.717, 1.165) is 0 Å². The number of rotatable bonds is 6. The van der Waals surface area contributed by atoms with E-state index in [1.165, 1.54) is 18.2 Å². The maximum atomic E-state index is 12.1. The summed E-state index contributed by atoms with van der Waals surface area (Å²) in [6, 6.07) is 14.0. The average Bonchev–Trinajstić information content (AvgIpc) is 2.46. The van der Waals surface area contributed by atoms with Crippen LogP contribution in [0.4, 0.5) is 5.69 Å². The van der Waals surface area contributed by atoms with Gasteiger partial charge >= 0.3 is 5.97 Å². The van der Waals surface area contributed by atoms with Crippen molar-refractivity contribution in [2.45, 2.75) is 4.90 Å². The summed E-state index contributed by atoms with van der Waals surface area (Å²) in [4.78, 5) is 10.6. The number of benzene rings is 2. The average molecular weight is 307 g/mol. The lowest BCUT2D eigenvalue weighted by molar-refractivity contribution is -0.139. The number of carbonyl (C=O) groups is 1. The Hall–Kier alpha value is -2.54. The SMILES string of the molecule is O=C(O)COc1cccc(NS(=O)(=O)c2ccccc2)c1. The molecule has 2 rings (SSSR count). The highest BCUT2D eigenvalue weighted by molar-refractivity contribution is 7.92. The first-order valence-corrected chi connectivity index (χ1v) is 7.48. The zero-order valence-corrected chi connectivity index (χ0v) is 11.7. The fourth-order valence-corrected chi connectivity index (χ4v) is 2.68. The maximum Gasteiger partial charge on any atom is 0.341 e. The normalized spacial score (nSPS) is 10.9. The third kappa shape index (κ3) is 4.22. The molecular formula is C14H13NO5S. The number of sulfonamides is 1. The molecule has 0 saturated heterocycles. The van der Waals surface area contributed by atoms with Crippen LogP contribution in [0, 0.1) is 0 Å². The van der Waals surface area contributed by atoms with E-state index in [9.17, 15) is 13.2 Å². The molecule has 7 heteroatoms. The van der Waals surface area contributed by atoms with E-state index < -0.39 is 22.6 Å². The lowest BCUT2D eigenvalue weighted by Gasteiger charge is -2.09. The molecule has 2 aromatic rings. The van der Waals surface area contributed by atoms with Gasteiger partial charge in [0.05, 0.1) is 10.6 Å². The summed E-state index contributed by atoms with van der Waals surface area (Å²) in [5.74, 6) is -0.837. The van der Waals surface area contributed by atoms with Gasteiger partial charge < -0.3 is 9.84 Å². The Morgan fingerprint density at radius 3 is 2.48 bits per heavy atom. The second-order valence-corrected chi connectivity index (χ2v) is 5.81. The van der Waals surface area contributed by atoms with Crippen molar-refractivity contribution < 1.29 is 23.1 Å². The standard InChI is InChI=1S/C14H13NO5S/c16-14(17)10-20-12-6-4-5-11(9-12)15-21(18,19)13-7-2-1-3-8-13/h1-9,15H,10H2,(H,16,17). The number of anilines is 1. The number of nitrogens with one attached hydrogen (secondary N) is 1. The van der Waals surface area contributed by atoms with Crippen LogP contribution in [0.5, 0.6) is 5.75 Å². The molecular weight excluding hydrogens is 294 g/mol. The summed E-state index contributed by atoms with van der Waals surface area (Å²) in [6.45, 7) is -0.491. The molecule has 0 aliphatic carbocycles. The molecule has 0 saturated carbocycles. The smallest absolute Gasteiger partial charge is 0.341 e. The van der Waals surface area contributed by atoms with Crippen LogP contribution in [-0.2, 0) is 14.8 Å². The molecule has 2 N–H and O–H groups in total. The zero-order chi connectivity index (χ0) is 15.3. The number of carboxylic acid groups (broad SMARTS) is 1. The van der Waals surface area contributed by atoms with Crippen LogP contribution < -0.4 is 9.46 Å². The van der Waals surface area contributed by atoms with Crippen LogP contribution in [0.25, 0.3) is 0 Å². The molecule has 0 heterocycles. The first kappa shape index (κ1) is 14.9. The van der Waals surface area contributed by atoms with Crippen molar-refractivity contribution in [1.82, 2.24) is 0 Å². The molecule has 0 atom stereocenters. The zero-order valence-electron chi connectivity index (χ0n) is 10.9. The van der Waals surface area contributed by atoms with E-state index in [4.69, 9.17) is 9.84 Å². The second kappa shape index (κ2) is 6.27. The van der Waals surface area contributed by atoms with Crippen LogP contribution in [-0.4, -0.2) is 26.1 Å². The monoisotopic (exact) mass is 307 g/mol. The van der Waals surface area contributed by atoms with E-state index >= 15 is 0 Å². The predicted molar refractivity (Wildman–Crippen MR) is 76.8 cm³/mol. The van der Waals surface area contributed by atoms with Gasteiger partial charge in [-0.3, -0.25) is 4.72 Å². The molecule has 0 aliphatic rings. The van der Waals surface area contributed by atoms with E-state index in [1.807, 2.05) is 0 Å². The largest absolute Gasteiger partial charge is 0.482 e. The lowest BCUT2D eigenvalue weighted by Crippen LogP contribution is -2.13. The van der Waals surface area contributed by atoms with Gasteiger partial charge in [-0.2, -0.15) is 0 Å². The summed E-state index contributed by atoms with van der Waals surface area (Å²) >= 11 is 0. The first-order valence-electron chi connectivity index (χ1n) is 6.00. The van der Waals surface area contributed by atoms with E-state index in [0.29, 0.717) is 5.69 Å². The van der Waals surface area contributed by atoms with Gasteiger partial charge in [0.15, 0.2) is 6.61 Å². The van der Waals surface area contributed by atoms with E-state index in [-0.39, 0.29) is 10.6 Å². The highest BCUT2D eigenvalue weighted by atomic mass is 32.2. The number of aliphatic carboxylic acids is 1. The molecule has 21 heavy (non-hydrogen) atoms. The van der Waals surface area contributed by atoms with Crippen LogP contribution in [0.15, 0.2) is 59.5 Å². The third-order valence-electron chi connectivity index (χ3n) is 2.50. The number of ether oxygens (including phenoxy) is 1. The Morgan fingerprint density at radius 2 is 1.81 bits per heavy atom. The highest BCUT2D eigenvalue weighted by Gasteiger charge is 2.13. The van der Waals surface area contributed by atoms with Gasteiger partial charge in [0.2, 0.25) is 0 Å². The highest BCUT2D eigenvalue weighted by Crippen LogP contribution is 2.20. The van der Waals surface area contributed by atoms with Crippen molar-refractivity contribution in [2.24, 2.45) is 0 Å². The fraction of sp³-hybridized carbons (Fsp3) is 0.0714. The van der Waals surface area contributed by atoms with Gasteiger partial charge in [0.25, 0.3) is 10.0 Å². The second-order valence-electron chi connectivity index (χ2n) is 4.13. The molecule has 110 valence electrons. The molecule has 6 nitrogen and oxygen atoms in total. The van der Waals surface area contributed by atoms with Crippen molar-refractivity contribution in [2.75, 3.05) is 11.3 Å². The van der Waals surface area contributed by atoms with Crippen LogP contribution >= 0.6 is 0 Å². The summed E-state index contributed by atoms with van der Waals surface area (Å²) in [7, 11) is -3.68. The molecule has 0 amide bonds. The van der Waals surface area contributed by atoms with Crippen molar-refractivity contribution >= 4 is 21.7 Å². The first-order chi connectivity index (χ1) is 9.97. The van der Waals surface area contributed by atoms with Gasteiger partial charge in [-0.15, -0.1) is 0 Å². The van der Waals surface area contributed by atoms with Gasteiger partial charge in [-0.25, -0.2) is 13.2 Å². The fourth-order valence-electron chi connectivity index (χ4n) is 1.61. The minimum atomic E-state index is -3.68. The van der Waals surface area contributed by atoms with Crippen molar-refractivity contribution in [3.63, 3.8) is 0 Å². The minimum absolute atomic E-state index is 0.141. The van der Waals surface area contributed by atoms with Crippen molar-refractivity contribution in [3.8, 4) is 5.75 Å². The molecule has 0 fully saturated rings. The van der Waals surface area contributed by atoms with Crippen molar-refractivity contribution in [3.05, 3.63) is 54.6 Å². The molecule has 0 aliphatic heterocycles. The Bertz CT molecular complexity index is 728. The number of carboxylic acids is 1. The lowest BCUT2D eigenvalue weighted by atomic mass is 10.3. The molecule has 0 unspecified atom stereocenters. The maximum absolute atomic E-state index is 12.1. The molecule has 0 radical (unpaired) electrons. The quantitative estimate of drug-likeness (QED) is 0.851. The van der Waals surface area contributed by atoms with E-state index in [1.54, 1.807) is 36.4 Å². The summed E-state index contributed by atoms with van der Waals surface area (Å²) in [5, 5.41) is 8.54. The molecule has 0 spiro atoms. The minimum Gasteiger partial charge on any atom is -0.482 e. The molecule has 2 aromatic carbocycles. The summed E-state index contributed by atoms with van der Waals surface area (Å²) in [5.41, 5.74) is 0.293. The summed E-state index contributed by atoms with van der Waals surface area (Å²) < 4.78 is 31.7. The summed E-state index contributed by atoms with van der Waals surface area (Å²) in [6.07, 6.45) is 0. The van der Waals surface area contributed by atoms with Gasteiger partial charge in [-0.05, 0) is 24.3 Å². The number of hydrogen-bond acceptors (Lipinski definition) is 4. The Labute approximate surface area is 122 Å². The number of hydrogen-bond donors (Lipinski definition) is 2. The van der Waals surface area contributed by atoms with Gasteiger partial charge in [-0.1, -0.05) is 24.3 Å². The van der Waals surface area contributed by atoms with E-state index in [2.05, 4.69) is 4.72 Å². The Morgan fingerprint density at radius 1 is 1.10 bits per heavy atom. The van der Waals surface area contributed by atoms with Crippen molar-refractivity contribution in [1.29, 1.82) is 0 Å². The predicted octanol–water partition coefficient (Wildman–Crippen LogP) is 1.95. The third-order valence-corrected chi connectivity index (χ3v) is 3.90. The van der Waals surface area contributed by atoms with Crippen LogP contribution in [0.2, 0.25) is 0 Å². The Kier molecular flexibility index (Phi) is 4.44. The Balaban J connectivity index is 2.16. The van der Waals surface area contributed by atoms with Gasteiger partial charge in [0.1, 0.15) is 5.75 Å². The molecule has 0 aromatic heterocycles. The topological polar surface area (TPSA) is 92.7 Å². The van der Waals surface area contributed by atoms with Gasteiger partial charge in [0, 0.05) is 6.07 Å². The van der Waals surface area contributed by atoms with Crippen LogP contribution in [0.3, 0.4) is 0 Å². The van der Waals surface area contributed by atoms with Crippen LogP contribution in [0.1, 0.15) is 0 Å². The molecule has 0 bridgehead atoms.